The Morgan fingerprint density at radius 3 is 2.58 bits per heavy atom. The Bertz CT molecular complexity index is 1970. The van der Waals surface area contributed by atoms with Crippen LogP contribution in [-0.4, -0.2) is 41.7 Å². The normalized spacial score (nSPS) is 16.5. The van der Waals surface area contributed by atoms with Gasteiger partial charge in [0.1, 0.15) is 33.6 Å². The molecule has 1 unspecified atom stereocenters. The summed E-state index contributed by atoms with van der Waals surface area (Å²) in [5.74, 6) is -4.62. The van der Waals surface area contributed by atoms with E-state index in [-0.39, 0.29) is 29.6 Å². The summed E-state index contributed by atoms with van der Waals surface area (Å²) in [6.45, 7) is 4.43. The van der Waals surface area contributed by atoms with Crippen LogP contribution in [0.5, 0.6) is 0 Å². The van der Waals surface area contributed by atoms with Crippen molar-refractivity contribution in [2.24, 2.45) is 5.41 Å². The fraction of sp³-hybridized carbons (Fsp3) is 0.241. The van der Waals surface area contributed by atoms with Crippen LogP contribution in [0, 0.1) is 22.9 Å². The van der Waals surface area contributed by atoms with Crippen LogP contribution in [0.4, 0.5) is 24.8 Å². The third-order valence-electron chi connectivity index (χ3n) is 7.62. The van der Waals surface area contributed by atoms with Crippen molar-refractivity contribution in [3.05, 3.63) is 81.1 Å². The molecule has 3 aromatic heterocycles. The van der Waals surface area contributed by atoms with E-state index in [1.807, 2.05) is 0 Å². The Morgan fingerprint density at radius 2 is 1.84 bits per heavy atom. The lowest BCUT2D eigenvalue weighted by Gasteiger charge is -2.20. The first kappa shape index (κ1) is 28.3. The van der Waals surface area contributed by atoms with E-state index in [1.54, 1.807) is 50.4 Å². The number of benzene rings is 2. The Kier molecular flexibility index (Phi) is 6.49. The van der Waals surface area contributed by atoms with Crippen LogP contribution in [0.3, 0.4) is 0 Å². The summed E-state index contributed by atoms with van der Waals surface area (Å²) < 4.78 is 44.1. The number of carbonyl (C=O) groups is 2. The first-order valence-corrected chi connectivity index (χ1v) is 13.9. The summed E-state index contributed by atoms with van der Waals surface area (Å²) in [5, 5.41) is 19.4. The molecule has 6 rings (SSSR count). The van der Waals surface area contributed by atoms with Gasteiger partial charge in [-0.05, 0) is 39.0 Å². The summed E-state index contributed by atoms with van der Waals surface area (Å²) in [4.78, 5) is 38.6. The number of aliphatic carboxylic acids is 1. The lowest BCUT2D eigenvalue weighted by Crippen LogP contribution is -2.33. The smallest absolute Gasteiger partial charge is 0.309 e. The van der Waals surface area contributed by atoms with Gasteiger partial charge in [-0.25, -0.2) is 28.1 Å². The molecule has 0 radical (unpaired) electrons. The Labute approximate surface area is 246 Å². The molecular weight excluding hydrogens is 583 g/mol. The third-order valence-corrected chi connectivity index (χ3v) is 8.73. The van der Waals surface area contributed by atoms with Crippen LogP contribution in [0.25, 0.3) is 22.4 Å². The minimum atomic E-state index is -1.35. The van der Waals surface area contributed by atoms with Gasteiger partial charge in [0.05, 0.1) is 28.7 Å². The molecular formula is C29H24F3N7O3S. The number of carboxylic acids is 1. The number of carbonyl (C=O) groups excluding carboxylic acids is 1. The molecule has 4 heterocycles. The molecule has 0 bridgehead atoms. The molecule has 1 aliphatic heterocycles. The van der Waals surface area contributed by atoms with Crippen LogP contribution < -0.4 is 11.1 Å². The standard InChI is InChI=1S/C29H24F3N7O3S/c1-28(2,27(41)42)10-13-12-43-26(34-13)29(3)19-22(33)35-24(36-23(19)37-25(29)40)21-14-6-4-5-7-18(14)39(38-21)11-15-16(30)8-9-17(31)20(15)32/h4-9,12H,10-11H2,1-3H3,(H,41,42)(H3,33,35,36,37,40). The minimum Gasteiger partial charge on any atom is -0.481 e. The molecule has 14 heteroatoms. The van der Waals surface area contributed by atoms with E-state index >= 15 is 0 Å². The van der Waals surface area contributed by atoms with Crippen molar-refractivity contribution in [2.45, 2.75) is 39.2 Å². The SMILES string of the molecule is CC(C)(Cc1csc(C2(C)C(=O)Nc3nc(-c4nn(Cc5c(F)ccc(F)c5F)c5ccccc45)nc(N)c32)n1)C(=O)O. The number of thiazole rings is 1. The van der Waals surface area contributed by atoms with E-state index < -0.39 is 52.3 Å². The fourth-order valence-electron chi connectivity index (χ4n) is 5.14. The first-order valence-electron chi connectivity index (χ1n) is 13.1. The van der Waals surface area contributed by atoms with Gasteiger partial charge in [0.25, 0.3) is 0 Å². The van der Waals surface area contributed by atoms with Crippen LogP contribution in [0.2, 0.25) is 0 Å². The summed E-state index contributed by atoms with van der Waals surface area (Å²) in [5.41, 5.74) is 5.10. The number of hydrogen-bond acceptors (Lipinski definition) is 8. The van der Waals surface area contributed by atoms with E-state index in [4.69, 9.17) is 5.73 Å². The maximum absolute atomic E-state index is 14.5. The van der Waals surface area contributed by atoms with Crippen molar-refractivity contribution in [1.82, 2.24) is 24.7 Å². The Balaban J connectivity index is 1.41. The van der Waals surface area contributed by atoms with Gasteiger partial charge in [0, 0.05) is 22.8 Å². The molecule has 0 saturated heterocycles. The molecule has 2 aromatic carbocycles. The number of nitrogens with zero attached hydrogens (tertiary/aromatic N) is 5. The molecule has 1 atom stereocenters. The molecule has 0 saturated carbocycles. The van der Waals surface area contributed by atoms with Crippen molar-refractivity contribution in [2.75, 3.05) is 11.1 Å². The summed E-state index contributed by atoms with van der Waals surface area (Å²) in [7, 11) is 0. The fourth-order valence-corrected chi connectivity index (χ4v) is 6.12. The van der Waals surface area contributed by atoms with Gasteiger partial charge in [-0.15, -0.1) is 11.3 Å². The predicted molar refractivity (Wildman–Crippen MR) is 153 cm³/mol. The van der Waals surface area contributed by atoms with Crippen molar-refractivity contribution < 1.29 is 27.9 Å². The highest BCUT2D eigenvalue weighted by atomic mass is 32.1. The van der Waals surface area contributed by atoms with E-state index in [1.165, 1.54) is 16.0 Å². The zero-order chi connectivity index (χ0) is 30.8. The quantitative estimate of drug-likeness (QED) is 0.221. The van der Waals surface area contributed by atoms with Gasteiger partial charge in [-0.2, -0.15) is 5.10 Å². The number of carboxylic acid groups (broad SMARTS) is 1. The van der Waals surface area contributed by atoms with Crippen LogP contribution >= 0.6 is 11.3 Å². The number of nitrogens with two attached hydrogens (primary N) is 1. The van der Waals surface area contributed by atoms with Crippen LogP contribution in [0.1, 0.15) is 42.6 Å². The van der Waals surface area contributed by atoms with Crippen molar-refractivity contribution in [1.29, 1.82) is 0 Å². The highest BCUT2D eigenvalue weighted by molar-refractivity contribution is 7.10. The highest BCUT2D eigenvalue weighted by Crippen LogP contribution is 2.46. The van der Waals surface area contributed by atoms with Crippen molar-refractivity contribution >= 4 is 45.8 Å². The van der Waals surface area contributed by atoms with Gasteiger partial charge < -0.3 is 16.2 Å². The maximum atomic E-state index is 14.5. The second kappa shape index (κ2) is 9.87. The number of para-hydroxylation sites is 1. The van der Waals surface area contributed by atoms with E-state index in [9.17, 15) is 27.9 Å². The highest BCUT2D eigenvalue weighted by Gasteiger charge is 2.50. The largest absolute Gasteiger partial charge is 0.481 e. The van der Waals surface area contributed by atoms with Gasteiger partial charge in [-0.1, -0.05) is 18.2 Å². The number of halogens is 3. The topological polar surface area (TPSA) is 149 Å². The van der Waals surface area contributed by atoms with Gasteiger partial charge in [0.15, 0.2) is 17.5 Å². The molecule has 10 nitrogen and oxygen atoms in total. The average Bonchev–Trinajstić information content (AvgIpc) is 3.64. The second-order valence-corrected chi connectivity index (χ2v) is 11.9. The summed E-state index contributed by atoms with van der Waals surface area (Å²) in [6.07, 6.45) is 0.160. The average molecular weight is 608 g/mol. The number of hydrogen-bond donors (Lipinski definition) is 3. The van der Waals surface area contributed by atoms with Crippen LogP contribution in [-0.2, 0) is 28.0 Å². The molecule has 0 aliphatic carbocycles. The molecule has 1 aliphatic rings. The van der Waals surface area contributed by atoms with Crippen molar-refractivity contribution in [3.8, 4) is 11.5 Å². The molecule has 0 spiro atoms. The van der Waals surface area contributed by atoms with Crippen LogP contribution in [0.15, 0.2) is 41.8 Å². The van der Waals surface area contributed by atoms with Gasteiger partial charge in [0.2, 0.25) is 5.91 Å². The number of aromatic nitrogens is 5. The van der Waals surface area contributed by atoms with Gasteiger partial charge in [-0.3, -0.25) is 14.3 Å². The third kappa shape index (κ3) is 4.49. The van der Waals surface area contributed by atoms with E-state index in [0.717, 1.165) is 6.07 Å². The zero-order valence-corrected chi connectivity index (χ0v) is 23.9. The first-order chi connectivity index (χ1) is 20.3. The molecule has 5 aromatic rings. The van der Waals surface area contributed by atoms with E-state index in [2.05, 4.69) is 25.4 Å². The molecule has 220 valence electrons. The Morgan fingerprint density at radius 1 is 1.12 bits per heavy atom. The maximum Gasteiger partial charge on any atom is 0.309 e. The molecule has 43 heavy (non-hydrogen) atoms. The summed E-state index contributed by atoms with van der Waals surface area (Å²) in [6, 6.07) is 8.42. The minimum absolute atomic E-state index is 0.00989. The number of rotatable bonds is 7. The number of nitrogens with one attached hydrogen (secondary N) is 1. The lowest BCUT2D eigenvalue weighted by atomic mass is 9.85. The monoisotopic (exact) mass is 607 g/mol. The molecule has 4 N–H and O–H groups in total. The number of amides is 1. The predicted octanol–water partition coefficient (Wildman–Crippen LogP) is 4.91. The molecule has 0 fully saturated rings. The second-order valence-electron chi connectivity index (χ2n) is 11.1. The Hall–Kier alpha value is -4.85. The van der Waals surface area contributed by atoms with Crippen molar-refractivity contribution in [3.63, 3.8) is 0 Å². The lowest BCUT2D eigenvalue weighted by molar-refractivity contribution is -0.146. The van der Waals surface area contributed by atoms with E-state index in [0.29, 0.717) is 33.2 Å². The number of anilines is 2. The number of fused-ring (bicyclic) bond motifs is 2. The van der Waals surface area contributed by atoms with Gasteiger partial charge >= 0.3 is 5.97 Å². The molecule has 1 amide bonds. The number of nitrogen functional groups attached to an aromatic ring is 1. The summed E-state index contributed by atoms with van der Waals surface area (Å²) >= 11 is 1.20. The zero-order valence-electron chi connectivity index (χ0n) is 23.1.